The Balaban J connectivity index is 2.41. The number of hydrogen-bond acceptors (Lipinski definition) is 2. The van der Waals surface area contributed by atoms with Crippen LogP contribution in [0.3, 0.4) is 0 Å². The number of benzene rings is 1. The zero-order valence-corrected chi connectivity index (χ0v) is 14.5. The van der Waals surface area contributed by atoms with Gasteiger partial charge in [-0.1, -0.05) is 24.6 Å². The normalized spacial score (nSPS) is 12.7. The lowest BCUT2D eigenvalue weighted by Gasteiger charge is -2.19. The molecule has 0 aliphatic heterocycles. The molecule has 0 aliphatic carbocycles. The summed E-state index contributed by atoms with van der Waals surface area (Å²) in [5, 5.41) is 6.33. The Labute approximate surface area is 136 Å². The van der Waals surface area contributed by atoms with Gasteiger partial charge in [-0.15, -0.1) is 11.3 Å². The summed E-state index contributed by atoms with van der Waals surface area (Å²) in [5.41, 5.74) is 2.09. The summed E-state index contributed by atoms with van der Waals surface area (Å²) in [5.74, 6) is -0.253. The fourth-order valence-electron chi connectivity index (χ4n) is 1.99. The van der Waals surface area contributed by atoms with Crippen molar-refractivity contribution in [2.24, 2.45) is 0 Å². The molecule has 0 spiro atoms. The third-order valence-electron chi connectivity index (χ3n) is 3.06. The predicted octanol–water partition coefficient (Wildman–Crippen LogP) is 5.70. The number of aryl methyl sites for hydroxylation is 1. The molecule has 1 nitrogen and oxygen atoms in total. The van der Waals surface area contributed by atoms with Gasteiger partial charge in [-0.3, -0.25) is 0 Å². The maximum absolute atomic E-state index is 13.4. The maximum atomic E-state index is 13.4. The van der Waals surface area contributed by atoms with E-state index in [0.29, 0.717) is 4.47 Å². The van der Waals surface area contributed by atoms with E-state index >= 15 is 0 Å². The monoisotopic (exact) mass is 375 g/mol. The highest BCUT2D eigenvalue weighted by Gasteiger charge is 2.20. The zero-order chi connectivity index (χ0) is 14.7. The summed E-state index contributed by atoms with van der Waals surface area (Å²) in [6.45, 7) is 5.00. The average Bonchev–Trinajstić information content (AvgIpc) is 2.75. The first-order chi connectivity index (χ1) is 9.54. The number of hydrogen-bond donors (Lipinski definition) is 1. The van der Waals surface area contributed by atoms with Crippen molar-refractivity contribution in [3.05, 3.63) is 54.9 Å². The van der Waals surface area contributed by atoms with Crippen molar-refractivity contribution in [2.45, 2.75) is 26.3 Å². The Hall–Kier alpha value is -0.420. The molecule has 0 bridgehead atoms. The van der Waals surface area contributed by atoms with Crippen LogP contribution in [0.4, 0.5) is 4.39 Å². The van der Waals surface area contributed by atoms with Gasteiger partial charge in [-0.2, -0.15) is 0 Å². The molecule has 1 atom stereocenters. The lowest BCUT2D eigenvalue weighted by atomic mass is 10.0. The largest absolute Gasteiger partial charge is 0.306 e. The second-order valence-electron chi connectivity index (χ2n) is 4.66. The van der Waals surface area contributed by atoms with Crippen LogP contribution >= 0.6 is 38.9 Å². The average molecular weight is 377 g/mol. The van der Waals surface area contributed by atoms with Gasteiger partial charge < -0.3 is 5.32 Å². The van der Waals surface area contributed by atoms with Crippen LogP contribution in [0.1, 0.15) is 35.4 Å². The minimum Gasteiger partial charge on any atom is -0.306 e. The van der Waals surface area contributed by atoms with E-state index < -0.39 is 0 Å². The molecule has 0 fully saturated rings. The third-order valence-corrected chi connectivity index (χ3v) is 5.45. The Morgan fingerprint density at radius 1 is 1.45 bits per heavy atom. The number of thiophene rings is 1. The van der Waals surface area contributed by atoms with Crippen molar-refractivity contribution in [1.29, 1.82) is 0 Å². The summed E-state index contributed by atoms with van der Waals surface area (Å²) in [6.07, 6.45) is 1.03. The highest BCUT2D eigenvalue weighted by molar-refractivity contribution is 9.10. The van der Waals surface area contributed by atoms with Crippen LogP contribution in [0.15, 0.2) is 28.1 Å². The van der Waals surface area contributed by atoms with E-state index in [-0.39, 0.29) is 11.9 Å². The summed E-state index contributed by atoms with van der Waals surface area (Å²) < 4.78 is 13.9. The molecule has 1 aromatic carbocycles. The van der Waals surface area contributed by atoms with Crippen molar-refractivity contribution in [3.63, 3.8) is 0 Å². The van der Waals surface area contributed by atoms with Gasteiger partial charge >= 0.3 is 0 Å². The Bertz CT molecular complexity index is 600. The standard InChI is InChI=1S/C15H16BrClFNS/c1-3-6-19-14(15-13(17)9(2)8-20-15)10-4-5-12(18)11(16)7-10/h4-5,7-8,14,19H,3,6H2,1-2H3. The van der Waals surface area contributed by atoms with E-state index in [1.807, 2.05) is 13.0 Å². The van der Waals surface area contributed by atoms with Crippen LogP contribution in [0.5, 0.6) is 0 Å². The molecular formula is C15H16BrClFNS. The van der Waals surface area contributed by atoms with Gasteiger partial charge in [0.1, 0.15) is 5.82 Å². The molecule has 2 rings (SSSR count). The first kappa shape index (κ1) is 16.0. The number of halogens is 3. The molecule has 1 heterocycles. The molecule has 1 N–H and O–H groups in total. The van der Waals surface area contributed by atoms with E-state index in [1.165, 1.54) is 6.07 Å². The van der Waals surface area contributed by atoms with Crippen molar-refractivity contribution < 1.29 is 4.39 Å². The molecule has 108 valence electrons. The van der Waals surface area contributed by atoms with Gasteiger partial charge in [-0.05, 0) is 64.5 Å². The van der Waals surface area contributed by atoms with E-state index in [0.717, 1.165) is 34.0 Å². The van der Waals surface area contributed by atoms with E-state index in [9.17, 15) is 4.39 Å². The Kier molecular flexibility index (Phi) is 5.61. The lowest BCUT2D eigenvalue weighted by Crippen LogP contribution is -2.22. The van der Waals surface area contributed by atoms with Crippen molar-refractivity contribution in [3.8, 4) is 0 Å². The Morgan fingerprint density at radius 2 is 2.20 bits per heavy atom. The van der Waals surface area contributed by atoms with E-state index in [4.69, 9.17) is 11.6 Å². The highest BCUT2D eigenvalue weighted by atomic mass is 79.9. The number of rotatable bonds is 5. The molecule has 0 aliphatic rings. The first-order valence-electron chi connectivity index (χ1n) is 6.46. The van der Waals surface area contributed by atoms with Crippen LogP contribution in [0, 0.1) is 12.7 Å². The first-order valence-corrected chi connectivity index (χ1v) is 8.51. The van der Waals surface area contributed by atoms with Crippen LogP contribution in [-0.2, 0) is 0 Å². The molecule has 0 amide bonds. The van der Waals surface area contributed by atoms with Gasteiger partial charge in [0.05, 0.1) is 15.5 Å². The van der Waals surface area contributed by atoms with Crippen molar-refractivity contribution >= 4 is 38.9 Å². The summed E-state index contributed by atoms with van der Waals surface area (Å²) in [4.78, 5) is 1.08. The SMILES string of the molecule is CCCNC(c1ccc(F)c(Br)c1)c1scc(C)c1Cl. The fraction of sp³-hybridized carbons (Fsp3) is 0.333. The van der Waals surface area contributed by atoms with Gasteiger partial charge in [-0.25, -0.2) is 4.39 Å². The fourth-order valence-corrected chi connectivity index (χ4v) is 3.79. The molecule has 2 aromatic rings. The summed E-state index contributed by atoms with van der Waals surface area (Å²) in [7, 11) is 0. The number of nitrogens with one attached hydrogen (secondary N) is 1. The highest BCUT2D eigenvalue weighted by Crippen LogP contribution is 2.36. The summed E-state index contributed by atoms with van der Waals surface area (Å²) >= 11 is 11.3. The van der Waals surface area contributed by atoms with Gasteiger partial charge in [0.2, 0.25) is 0 Å². The van der Waals surface area contributed by atoms with E-state index in [2.05, 4.69) is 33.6 Å². The second-order valence-corrected chi connectivity index (χ2v) is 6.80. The molecular weight excluding hydrogens is 361 g/mol. The quantitative estimate of drug-likeness (QED) is 0.705. The van der Waals surface area contributed by atoms with Gasteiger partial charge in [0.15, 0.2) is 0 Å². The van der Waals surface area contributed by atoms with Gasteiger partial charge in [0.25, 0.3) is 0 Å². The second kappa shape index (κ2) is 7.03. The minimum atomic E-state index is -0.253. The van der Waals surface area contributed by atoms with Crippen LogP contribution in [0.25, 0.3) is 0 Å². The third kappa shape index (κ3) is 3.42. The predicted molar refractivity (Wildman–Crippen MR) is 88.3 cm³/mol. The summed E-state index contributed by atoms with van der Waals surface area (Å²) in [6, 6.07) is 5.10. The molecule has 0 radical (unpaired) electrons. The van der Waals surface area contributed by atoms with Crippen LogP contribution in [-0.4, -0.2) is 6.54 Å². The molecule has 0 saturated heterocycles. The Morgan fingerprint density at radius 3 is 2.75 bits per heavy atom. The molecule has 20 heavy (non-hydrogen) atoms. The molecule has 5 heteroatoms. The molecule has 1 unspecified atom stereocenters. The van der Waals surface area contributed by atoms with Crippen LogP contribution < -0.4 is 5.32 Å². The maximum Gasteiger partial charge on any atom is 0.137 e. The van der Waals surface area contributed by atoms with E-state index in [1.54, 1.807) is 17.4 Å². The smallest absolute Gasteiger partial charge is 0.137 e. The van der Waals surface area contributed by atoms with Crippen LogP contribution in [0.2, 0.25) is 5.02 Å². The minimum absolute atomic E-state index is 0.00181. The molecule has 1 aromatic heterocycles. The topological polar surface area (TPSA) is 12.0 Å². The molecule has 0 saturated carbocycles. The van der Waals surface area contributed by atoms with Crippen molar-refractivity contribution in [1.82, 2.24) is 5.32 Å². The van der Waals surface area contributed by atoms with Gasteiger partial charge in [0, 0.05) is 4.88 Å². The zero-order valence-electron chi connectivity index (χ0n) is 11.3. The van der Waals surface area contributed by atoms with Crippen molar-refractivity contribution in [2.75, 3.05) is 6.54 Å². The lowest BCUT2D eigenvalue weighted by molar-refractivity contribution is 0.596.